The lowest BCUT2D eigenvalue weighted by Crippen LogP contribution is -2.27. The van der Waals surface area contributed by atoms with Crippen molar-refractivity contribution >= 4 is 34.7 Å². The molecule has 0 radical (unpaired) electrons. The van der Waals surface area contributed by atoms with Crippen LogP contribution in [-0.2, 0) is 11.3 Å². The van der Waals surface area contributed by atoms with Crippen molar-refractivity contribution in [2.24, 2.45) is 0 Å². The zero-order valence-corrected chi connectivity index (χ0v) is 13.6. The quantitative estimate of drug-likeness (QED) is 0.511. The van der Waals surface area contributed by atoms with Crippen molar-refractivity contribution in [1.82, 2.24) is 4.90 Å². The van der Waals surface area contributed by atoms with Crippen molar-refractivity contribution in [2.75, 3.05) is 0 Å². The second-order valence-corrected chi connectivity index (χ2v) is 6.28. The molecule has 0 saturated carbocycles. The number of rotatable bonds is 4. The SMILES string of the molecule is O=C1S/C(=C/c2ccc(O)cc2)C(=O)N1Cc1ccc([N+](=O)[O-])cc1. The van der Waals surface area contributed by atoms with Gasteiger partial charge in [-0.1, -0.05) is 24.3 Å². The summed E-state index contributed by atoms with van der Waals surface area (Å²) in [7, 11) is 0. The van der Waals surface area contributed by atoms with Crippen LogP contribution in [0.4, 0.5) is 10.5 Å². The monoisotopic (exact) mass is 356 g/mol. The van der Waals surface area contributed by atoms with Crippen molar-refractivity contribution < 1.29 is 19.6 Å². The second kappa shape index (κ2) is 6.78. The van der Waals surface area contributed by atoms with Crippen LogP contribution in [0.15, 0.2) is 53.4 Å². The van der Waals surface area contributed by atoms with Gasteiger partial charge in [-0.25, -0.2) is 0 Å². The molecular formula is C17H12N2O5S. The number of phenols is 1. The molecule has 1 heterocycles. The molecule has 1 aliphatic rings. The van der Waals surface area contributed by atoms with Crippen LogP contribution in [0.1, 0.15) is 11.1 Å². The fourth-order valence-electron chi connectivity index (χ4n) is 2.26. The third kappa shape index (κ3) is 3.69. The lowest BCUT2D eigenvalue weighted by molar-refractivity contribution is -0.384. The summed E-state index contributed by atoms with van der Waals surface area (Å²) in [5.41, 5.74) is 1.27. The van der Waals surface area contributed by atoms with Crippen LogP contribution in [0.2, 0.25) is 0 Å². The number of carbonyl (C=O) groups is 2. The Morgan fingerprint density at radius 1 is 1.08 bits per heavy atom. The molecular weight excluding hydrogens is 344 g/mol. The number of benzene rings is 2. The van der Waals surface area contributed by atoms with Gasteiger partial charge < -0.3 is 5.11 Å². The molecule has 2 amide bonds. The van der Waals surface area contributed by atoms with Crippen LogP contribution >= 0.6 is 11.8 Å². The Balaban J connectivity index is 1.77. The first kappa shape index (κ1) is 16.7. The average Bonchev–Trinajstić information content (AvgIpc) is 2.85. The zero-order chi connectivity index (χ0) is 18.0. The van der Waals surface area contributed by atoms with E-state index in [4.69, 9.17) is 0 Å². The number of aromatic hydroxyl groups is 1. The van der Waals surface area contributed by atoms with E-state index in [1.807, 2.05) is 0 Å². The summed E-state index contributed by atoms with van der Waals surface area (Å²) in [6.45, 7) is 0.0512. The highest BCUT2D eigenvalue weighted by Gasteiger charge is 2.35. The Morgan fingerprint density at radius 2 is 1.72 bits per heavy atom. The van der Waals surface area contributed by atoms with Crippen molar-refractivity contribution in [3.8, 4) is 5.75 Å². The molecule has 0 atom stereocenters. The predicted octanol–water partition coefficient (Wildman–Crippen LogP) is 3.54. The highest BCUT2D eigenvalue weighted by molar-refractivity contribution is 8.18. The van der Waals surface area contributed by atoms with Crippen LogP contribution < -0.4 is 0 Å². The van der Waals surface area contributed by atoms with Crippen LogP contribution in [0.5, 0.6) is 5.75 Å². The Labute approximate surface area is 146 Å². The van der Waals surface area contributed by atoms with E-state index in [2.05, 4.69) is 0 Å². The molecule has 2 aromatic rings. The number of phenolic OH excluding ortho intramolecular Hbond substituents is 1. The van der Waals surface area contributed by atoms with Gasteiger partial charge >= 0.3 is 0 Å². The Hall–Kier alpha value is -3.13. The lowest BCUT2D eigenvalue weighted by atomic mass is 10.2. The minimum absolute atomic E-state index is 0.0508. The van der Waals surface area contributed by atoms with Gasteiger partial charge in [0, 0.05) is 12.1 Å². The van der Waals surface area contributed by atoms with Crippen LogP contribution in [0, 0.1) is 10.1 Å². The molecule has 0 bridgehead atoms. The highest BCUT2D eigenvalue weighted by atomic mass is 32.2. The van der Waals surface area contributed by atoms with E-state index in [1.165, 1.54) is 36.4 Å². The minimum Gasteiger partial charge on any atom is -0.508 e. The number of hydrogen-bond acceptors (Lipinski definition) is 6. The van der Waals surface area contributed by atoms with Gasteiger partial charge in [0.15, 0.2) is 0 Å². The van der Waals surface area contributed by atoms with Gasteiger partial charge in [0.25, 0.3) is 16.8 Å². The van der Waals surface area contributed by atoms with Crippen LogP contribution in [0.25, 0.3) is 6.08 Å². The Bertz CT molecular complexity index is 875. The molecule has 0 aliphatic carbocycles. The third-order valence-corrected chi connectivity index (χ3v) is 4.46. The van der Waals surface area contributed by atoms with E-state index in [9.17, 15) is 24.8 Å². The fourth-order valence-corrected chi connectivity index (χ4v) is 3.10. The summed E-state index contributed by atoms with van der Waals surface area (Å²) >= 11 is 0.836. The lowest BCUT2D eigenvalue weighted by Gasteiger charge is -2.12. The van der Waals surface area contributed by atoms with E-state index in [-0.39, 0.29) is 22.9 Å². The van der Waals surface area contributed by atoms with Gasteiger partial charge in [0.2, 0.25) is 0 Å². The Morgan fingerprint density at radius 3 is 2.32 bits per heavy atom. The molecule has 7 nitrogen and oxygen atoms in total. The summed E-state index contributed by atoms with van der Waals surface area (Å²) in [5, 5.41) is 19.5. The predicted molar refractivity (Wildman–Crippen MR) is 92.7 cm³/mol. The zero-order valence-electron chi connectivity index (χ0n) is 12.8. The number of non-ortho nitro benzene ring substituents is 1. The molecule has 8 heteroatoms. The summed E-state index contributed by atoms with van der Waals surface area (Å²) in [5.74, 6) is -0.301. The first-order valence-electron chi connectivity index (χ1n) is 7.22. The van der Waals surface area contributed by atoms with Crippen molar-refractivity contribution in [3.63, 3.8) is 0 Å². The maximum atomic E-state index is 12.4. The number of thioether (sulfide) groups is 1. The largest absolute Gasteiger partial charge is 0.508 e. The van der Waals surface area contributed by atoms with E-state index in [0.29, 0.717) is 11.1 Å². The first-order valence-corrected chi connectivity index (χ1v) is 8.03. The van der Waals surface area contributed by atoms with Crippen molar-refractivity contribution in [3.05, 3.63) is 74.7 Å². The fraction of sp³-hybridized carbons (Fsp3) is 0.0588. The summed E-state index contributed by atoms with van der Waals surface area (Å²) < 4.78 is 0. The molecule has 126 valence electrons. The van der Waals surface area contributed by atoms with Crippen LogP contribution in [0.3, 0.4) is 0 Å². The normalized spacial score (nSPS) is 15.8. The number of nitro groups is 1. The Kier molecular flexibility index (Phi) is 4.53. The van der Waals surface area contributed by atoms with Crippen molar-refractivity contribution in [2.45, 2.75) is 6.54 Å². The minimum atomic E-state index is -0.510. The van der Waals surface area contributed by atoms with Gasteiger partial charge in [-0.2, -0.15) is 0 Å². The molecule has 1 fully saturated rings. The maximum Gasteiger partial charge on any atom is 0.293 e. The average molecular weight is 356 g/mol. The number of hydrogen-bond donors (Lipinski definition) is 1. The smallest absolute Gasteiger partial charge is 0.293 e. The molecule has 1 N–H and O–H groups in total. The van der Waals surface area contributed by atoms with E-state index < -0.39 is 16.1 Å². The van der Waals surface area contributed by atoms with Gasteiger partial charge in [0.1, 0.15) is 5.75 Å². The number of nitrogens with zero attached hydrogens (tertiary/aromatic N) is 2. The molecule has 1 saturated heterocycles. The first-order chi connectivity index (χ1) is 11.9. The van der Waals surface area contributed by atoms with E-state index >= 15 is 0 Å². The van der Waals surface area contributed by atoms with Gasteiger partial charge in [-0.05, 0) is 41.1 Å². The molecule has 3 rings (SSSR count). The van der Waals surface area contributed by atoms with Crippen LogP contribution in [-0.4, -0.2) is 26.1 Å². The molecule has 1 aliphatic heterocycles. The van der Waals surface area contributed by atoms with Gasteiger partial charge in [-0.15, -0.1) is 0 Å². The third-order valence-electron chi connectivity index (χ3n) is 3.55. The molecule has 2 aromatic carbocycles. The number of carbonyl (C=O) groups excluding carboxylic acids is 2. The number of amides is 2. The maximum absolute atomic E-state index is 12.4. The topological polar surface area (TPSA) is 101 Å². The van der Waals surface area contributed by atoms with E-state index in [1.54, 1.807) is 18.2 Å². The molecule has 0 aromatic heterocycles. The van der Waals surface area contributed by atoms with Crippen molar-refractivity contribution in [1.29, 1.82) is 0 Å². The molecule has 0 unspecified atom stereocenters. The summed E-state index contributed by atoms with van der Waals surface area (Å²) in [6.07, 6.45) is 1.58. The van der Waals surface area contributed by atoms with Gasteiger partial charge in [0.05, 0.1) is 16.4 Å². The molecule has 0 spiro atoms. The second-order valence-electron chi connectivity index (χ2n) is 5.28. The standard InChI is InChI=1S/C17H12N2O5S/c20-14-7-3-11(4-8-14)9-15-16(21)18(17(22)25-15)10-12-1-5-13(6-2-12)19(23)24/h1-9,20H,10H2/b15-9+. The highest BCUT2D eigenvalue weighted by Crippen LogP contribution is 2.33. The number of nitro benzene ring substituents is 1. The van der Waals surface area contributed by atoms with Gasteiger partial charge in [-0.3, -0.25) is 24.6 Å². The number of imide groups is 1. The molecule has 25 heavy (non-hydrogen) atoms. The summed E-state index contributed by atoms with van der Waals surface area (Å²) in [4.78, 5) is 36.1. The summed E-state index contributed by atoms with van der Waals surface area (Å²) in [6, 6.07) is 12.0. The van der Waals surface area contributed by atoms with E-state index in [0.717, 1.165) is 16.7 Å².